The van der Waals surface area contributed by atoms with Gasteiger partial charge >= 0.3 is 0 Å². The summed E-state index contributed by atoms with van der Waals surface area (Å²) >= 11 is 1.84. The quantitative estimate of drug-likeness (QED) is 0.938. The first kappa shape index (κ1) is 14.4. The van der Waals surface area contributed by atoms with Gasteiger partial charge < -0.3 is 15.0 Å². The minimum atomic E-state index is 0.305. The molecule has 0 radical (unpaired) electrons. The zero-order valence-electron chi connectivity index (χ0n) is 12.5. The molecule has 1 aliphatic rings. The molecule has 1 saturated heterocycles. The highest BCUT2D eigenvalue weighted by atomic mass is 32.1. The highest BCUT2D eigenvalue weighted by Crippen LogP contribution is 2.26. The Morgan fingerprint density at radius 3 is 2.67 bits per heavy atom. The summed E-state index contributed by atoms with van der Waals surface area (Å²) in [5.41, 5.74) is 1.06. The number of anilines is 2. The van der Waals surface area contributed by atoms with Crippen molar-refractivity contribution in [1.29, 1.82) is 0 Å². The van der Waals surface area contributed by atoms with Crippen LogP contribution in [0.2, 0.25) is 0 Å². The van der Waals surface area contributed by atoms with Crippen molar-refractivity contribution >= 4 is 22.8 Å². The van der Waals surface area contributed by atoms with Gasteiger partial charge in [-0.15, -0.1) is 11.3 Å². The number of nitrogens with zero attached hydrogens (tertiary/aromatic N) is 2. The van der Waals surface area contributed by atoms with E-state index in [4.69, 9.17) is 4.74 Å². The molecular weight excluding hydrogens is 282 g/mol. The van der Waals surface area contributed by atoms with Crippen LogP contribution in [-0.2, 0) is 4.74 Å². The second-order valence-corrected chi connectivity index (χ2v) is 6.64. The van der Waals surface area contributed by atoms with Gasteiger partial charge in [-0.25, -0.2) is 4.98 Å². The molecule has 5 heteroatoms. The molecule has 3 heterocycles. The minimum absolute atomic E-state index is 0.305. The highest BCUT2D eigenvalue weighted by Gasteiger charge is 2.12. The van der Waals surface area contributed by atoms with Crippen LogP contribution in [0.25, 0.3) is 0 Å². The van der Waals surface area contributed by atoms with Crippen LogP contribution < -0.4 is 10.2 Å². The first-order chi connectivity index (χ1) is 10.2. The van der Waals surface area contributed by atoms with E-state index in [2.05, 4.69) is 53.3 Å². The van der Waals surface area contributed by atoms with Gasteiger partial charge in [-0.05, 0) is 38.1 Å². The molecule has 21 heavy (non-hydrogen) atoms. The summed E-state index contributed by atoms with van der Waals surface area (Å²) in [4.78, 5) is 9.53. The largest absolute Gasteiger partial charge is 0.378 e. The lowest BCUT2D eigenvalue weighted by Gasteiger charge is -2.27. The van der Waals surface area contributed by atoms with Gasteiger partial charge in [-0.2, -0.15) is 0 Å². The summed E-state index contributed by atoms with van der Waals surface area (Å²) in [6.07, 6.45) is 1.92. The van der Waals surface area contributed by atoms with Gasteiger partial charge in [0.05, 0.1) is 31.1 Å². The van der Waals surface area contributed by atoms with Gasteiger partial charge in [0.15, 0.2) is 0 Å². The number of nitrogens with one attached hydrogen (secondary N) is 1. The van der Waals surface area contributed by atoms with Crippen molar-refractivity contribution in [2.75, 3.05) is 36.5 Å². The molecule has 0 aromatic carbocycles. The normalized spacial score (nSPS) is 16.8. The van der Waals surface area contributed by atoms with Crippen LogP contribution in [-0.4, -0.2) is 31.3 Å². The highest BCUT2D eigenvalue weighted by molar-refractivity contribution is 7.12. The third kappa shape index (κ3) is 3.54. The molecule has 1 atom stereocenters. The smallest absolute Gasteiger partial charge is 0.128 e. The Labute approximate surface area is 129 Å². The van der Waals surface area contributed by atoms with Crippen molar-refractivity contribution in [2.45, 2.75) is 19.9 Å². The van der Waals surface area contributed by atoms with Gasteiger partial charge in [0, 0.05) is 22.8 Å². The summed E-state index contributed by atoms with van der Waals surface area (Å²) in [5.74, 6) is 1.03. The van der Waals surface area contributed by atoms with E-state index in [-0.39, 0.29) is 0 Å². The van der Waals surface area contributed by atoms with E-state index >= 15 is 0 Å². The van der Waals surface area contributed by atoms with E-state index in [1.165, 1.54) is 9.75 Å². The summed E-state index contributed by atoms with van der Waals surface area (Å²) in [6.45, 7) is 7.74. The molecule has 4 nitrogen and oxygen atoms in total. The fraction of sp³-hybridized carbons (Fsp3) is 0.438. The van der Waals surface area contributed by atoms with Gasteiger partial charge in [-0.1, -0.05) is 0 Å². The van der Waals surface area contributed by atoms with Gasteiger partial charge in [-0.3, -0.25) is 0 Å². The molecule has 1 aliphatic heterocycles. The maximum absolute atomic E-state index is 5.37. The minimum Gasteiger partial charge on any atom is -0.378 e. The van der Waals surface area contributed by atoms with Gasteiger partial charge in [0.2, 0.25) is 0 Å². The zero-order valence-corrected chi connectivity index (χ0v) is 13.3. The number of hydrogen-bond donors (Lipinski definition) is 1. The Hall–Kier alpha value is -1.59. The fourth-order valence-electron chi connectivity index (χ4n) is 2.46. The van der Waals surface area contributed by atoms with Crippen molar-refractivity contribution in [3.05, 3.63) is 40.2 Å². The number of morpholine rings is 1. The first-order valence-electron chi connectivity index (χ1n) is 7.34. The van der Waals surface area contributed by atoms with Crippen molar-refractivity contribution in [1.82, 2.24) is 4.98 Å². The molecule has 0 saturated carbocycles. The number of thiophene rings is 1. The molecule has 1 fully saturated rings. The Balaban J connectivity index is 1.63. The number of hydrogen-bond acceptors (Lipinski definition) is 5. The van der Waals surface area contributed by atoms with E-state index < -0.39 is 0 Å². The van der Waals surface area contributed by atoms with Crippen LogP contribution in [0, 0.1) is 6.92 Å². The summed E-state index contributed by atoms with van der Waals surface area (Å²) < 4.78 is 5.37. The Kier molecular flexibility index (Phi) is 4.41. The van der Waals surface area contributed by atoms with Crippen molar-refractivity contribution in [3.8, 4) is 0 Å². The second kappa shape index (κ2) is 6.45. The molecule has 0 aliphatic carbocycles. The number of aryl methyl sites for hydroxylation is 1. The predicted octanol–water partition coefficient (Wildman–Crippen LogP) is 3.46. The third-order valence-electron chi connectivity index (χ3n) is 3.65. The van der Waals surface area contributed by atoms with Gasteiger partial charge in [0.1, 0.15) is 5.82 Å². The van der Waals surface area contributed by atoms with Crippen LogP contribution in [0.1, 0.15) is 22.7 Å². The molecule has 0 spiro atoms. The van der Waals surface area contributed by atoms with Crippen molar-refractivity contribution in [3.63, 3.8) is 0 Å². The lowest BCUT2D eigenvalue weighted by Crippen LogP contribution is -2.36. The lowest BCUT2D eigenvalue weighted by molar-refractivity contribution is 0.122. The van der Waals surface area contributed by atoms with E-state index in [0.717, 1.165) is 37.8 Å². The Morgan fingerprint density at radius 2 is 2.05 bits per heavy atom. The number of rotatable bonds is 4. The lowest BCUT2D eigenvalue weighted by atomic mass is 10.2. The third-order valence-corrected chi connectivity index (χ3v) is 4.84. The average molecular weight is 303 g/mol. The van der Waals surface area contributed by atoms with Crippen LogP contribution in [0.5, 0.6) is 0 Å². The van der Waals surface area contributed by atoms with Gasteiger partial charge in [0.25, 0.3) is 0 Å². The maximum atomic E-state index is 5.37. The van der Waals surface area contributed by atoms with Crippen LogP contribution >= 0.6 is 11.3 Å². The average Bonchev–Trinajstić information content (AvgIpc) is 2.96. The van der Waals surface area contributed by atoms with Crippen LogP contribution in [0.4, 0.5) is 11.5 Å². The van der Waals surface area contributed by atoms with E-state index in [1.807, 2.05) is 17.5 Å². The topological polar surface area (TPSA) is 37.4 Å². The van der Waals surface area contributed by atoms with Crippen LogP contribution in [0.3, 0.4) is 0 Å². The summed E-state index contributed by atoms with van der Waals surface area (Å²) in [7, 11) is 0. The molecule has 112 valence electrons. The monoisotopic (exact) mass is 303 g/mol. The zero-order chi connectivity index (χ0) is 14.7. The first-order valence-corrected chi connectivity index (χ1v) is 8.15. The summed E-state index contributed by atoms with van der Waals surface area (Å²) in [6, 6.07) is 8.85. The molecule has 2 aromatic heterocycles. The van der Waals surface area contributed by atoms with Crippen molar-refractivity contribution < 1.29 is 4.74 Å². The summed E-state index contributed by atoms with van der Waals surface area (Å²) in [5, 5.41) is 3.51. The molecule has 1 unspecified atom stereocenters. The van der Waals surface area contributed by atoms with E-state index in [1.54, 1.807) is 0 Å². The molecular formula is C16H21N3OS. The number of aromatic nitrogens is 1. The second-order valence-electron chi connectivity index (χ2n) is 5.32. The Bertz CT molecular complexity index is 575. The molecule has 1 N–H and O–H groups in total. The SMILES string of the molecule is Cc1ccc(C(C)Nc2ccc(N3CCOCC3)nc2)s1. The standard InChI is InChI=1S/C16H21N3OS/c1-12-3-5-15(21-12)13(2)18-14-4-6-16(17-11-14)19-7-9-20-10-8-19/h3-6,11,13,18H,7-10H2,1-2H3. The molecule has 0 amide bonds. The number of ether oxygens (including phenoxy) is 1. The molecule has 0 bridgehead atoms. The maximum Gasteiger partial charge on any atom is 0.128 e. The van der Waals surface area contributed by atoms with Crippen molar-refractivity contribution in [2.24, 2.45) is 0 Å². The van der Waals surface area contributed by atoms with E-state index in [0.29, 0.717) is 6.04 Å². The molecule has 3 rings (SSSR count). The fourth-order valence-corrected chi connectivity index (χ4v) is 3.34. The van der Waals surface area contributed by atoms with E-state index in [9.17, 15) is 0 Å². The van der Waals surface area contributed by atoms with Crippen LogP contribution in [0.15, 0.2) is 30.5 Å². The molecule has 2 aromatic rings. The number of pyridine rings is 1. The Morgan fingerprint density at radius 1 is 1.24 bits per heavy atom. The predicted molar refractivity (Wildman–Crippen MR) is 88.4 cm³/mol.